The van der Waals surface area contributed by atoms with E-state index in [-0.39, 0.29) is 23.4 Å². The molecule has 1 aromatic rings. The normalized spacial score (nSPS) is 29.3. The summed E-state index contributed by atoms with van der Waals surface area (Å²) in [6, 6.07) is 8.32. The number of hydrogen-bond donors (Lipinski definition) is 0. The van der Waals surface area contributed by atoms with Gasteiger partial charge < -0.3 is 9.64 Å². The van der Waals surface area contributed by atoms with Crippen LogP contribution in [0, 0.1) is 0 Å². The van der Waals surface area contributed by atoms with E-state index in [2.05, 4.69) is 28.1 Å². The molecule has 108 valence electrons. The molecule has 5 heteroatoms. The Labute approximate surface area is 132 Å². The maximum atomic E-state index is 12.7. The van der Waals surface area contributed by atoms with Crippen LogP contribution < -0.4 is 0 Å². The summed E-state index contributed by atoms with van der Waals surface area (Å²) < 4.78 is 5.79. The second-order valence-corrected chi connectivity index (χ2v) is 7.28. The Morgan fingerprint density at radius 3 is 3.00 bits per heavy atom. The molecule has 0 bridgehead atoms. The molecule has 0 N–H and O–H groups in total. The molecule has 0 spiro atoms. The molecule has 20 heavy (non-hydrogen) atoms. The molecule has 3 nitrogen and oxygen atoms in total. The van der Waals surface area contributed by atoms with E-state index in [9.17, 15) is 4.79 Å². The van der Waals surface area contributed by atoms with Gasteiger partial charge in [-0.1, -0.05) is 34.1 Å². The van der Waals surface area contributed by atoms with Crippen LogP contribution in [0.25, 0.3) is 0 Å². The largest absolute Gasteiger partial charge is 0.371 e. The maximum Gasteiger partial charge on any atom is 0.236 e. The Morgan fingerprint density at radius 1 is 1.45 bits per heavy atom. The summed E-state index contributed by atoms with van der Waals surface area (Å²) in [7, 11) is 0. The first-order valence-electron chi connectivity index (χ1n) is 6.92. The Balaban J connectivity index is 1.68. The third-order valence-corrected chi connectivity index (χ3v) is 5.76. The van der Waals surface area contributed by atoms with E-state index in [0.717, 1.165) is 11.8 Å². The van der Waals surface area contributed by atoms with E-state index in [0.29, 0.717) is 13.1 Å². The van der Waals surface area contributed by atoms with E-state index < -0.39 is 0 Å². The lowest BCUT2D eigenvalue weighted by Gasteiger charge is -2.37. The molecule has 0 aromatic heterocycles. The quantitative estimate of drug-likeness (QED) is 0.764. The van der Waals surface area contributed by atoms with Gasteiger partial charge in [0.05, 0.1) is 17.5 Å². The number of nitrogens with zero attached hydrogens (tertiary/aromatic N) is 1. The second-order valence-electron chi connectivity index (χ2n) is 5.38. The molecule has 0 saturated carbocycles. The van der Waals surface area contributed by atoms with Crippen LogP contribution in [-0.4, -0.2) is 46.7 Å². The van der Waals surface area contributed by atoms with E-state index in [1.165, 1.54) is 10.5 Å². The molecule has 0 aliphatic carbocycles. The Morgan fingerprint density at radius 2 is 2.25 bits per heavy atom. The highest BCUT2D eigenvalue weighted by Gasteiger charge is 2.35. The zero-order valence-electron chi connectivity index (χ0n) is 11.4. The van der Waals surface area contributed by atoms with E-state index in [4.69, 9.17) is 4.74 Å². The highest BCUT2D eigenvalue weighted by atomic mass is 79.9. The third kappa shape index (κ3) is 2.90. The van der Waals surface area contributed by atoms with Crippen molar-refractivity contribution in [3.05, 3.63) is 29.8 Å². The molecule has 1 amide bonds. The van der Waals surface area contributed by atoms with Crippen LogP contribution in [0.15, 0.2) is 29.2 Å². The number of rotatable bonds is 2. The van der Waals surface area contributed by atoms with Crippen LogP contribution in [0.4, 0.5) is 0 Å². The number of carbonyl (C=O) groups excluding carboxylic acids is 1. The van der Waals surface area contributed by atoms with Gasteiger partial charge in [-0.15, -0.1) is 11.8 Å². The van der Waals surface area contributed by atoms with Crippen molar-refractivity contribution in [1.29, 1.82) is 0 Å². The minimum atomic E-state index is 0.0358. The molecule has 0 radical (unpaired) electrons. The number of fused-ring (bicyclic) bond motifs is 1. The van der Waals surface area contributed by atoms with Gasteiger partial charge in [0.25, 0.3) is 0 Å². The number of hydrogen-bond acceptors (Lipinski definition) is 3. The van der Waals surface area contributed by atoms with Crippen LogP contribution in [0.1, 0.15) is 12.5 Å². The average molecular weight is 356 g/mol. The van der Waals surface area contributed by atoms with Gasteiger partial charge in [0, 0.05) is 23.3 Å². The topological polar surface area (TPSA) is 29.5 Å². The summed E-state index contributed by atoms with van der Waals surface area (Å²) in [4.78, 5) is 15.9. The number of ether oxygens (including phenoxy) is 1. The molecule has 3 unspecified atom stereocenters. The van der Waals surface area contributed by atoms with E-state index in [1.807, 2.05) is 24.0 Å². The number of morpholine rings is 1. The van der Waals surface area contributed by atoms with Crippen molar-refractivity contribution in [3.63, 3.8) is 0 Å². The van der Waals surface area contributed by atoms with Gasteiger partial charge >= 0.3 is 0 Å². The molecule has 3 atom stereocenters. The second kappa shape index (κ2) is 6.08. The van der Waals surface area contributed by atoms with Crippen LogP contribution in [0.5, 0.6) is 0 Å². The Hall–Kier alpha value is -0.520. The fourth-order valence-corrected chi connectivity index (χ4v) is 4.47. The summed E-state index contributed by atoms with van der Waals surface area (Å²) >= 11 is 5.16. The van der Waals surface area contributed by atoms with Gasteiger partial charge in [-0.3, -0.25) is 4.79 Å². The summed E-state index contributed by atoms with van der Waals surface area (Å²) in [5, 5.41) is 0.813. The van der Waals surface area contributed by atoms with Crippen molar-refractivity contribution in [1.82, 2.24) is 4.90 Å². The van der Waals surface area contributed by atoms with Crippen molar-refractivity contribution < 1.29 is 9.53 Å². The number of carbonyl (C=O) groups is 1. The third-order valence-electron chi connectivity index (χ3n) is 3.73. The van der Waals surface area contributed by atoms with Crippen LogP contribution >= 0.6 is 27.7 Å². The predicted octanol–water partition coefficient (Wildman–Crippen LogP) is 2.71. The summed E-state index contributed by atoms with van der Waals surface area (Å²) in [6.45, 7) is 3.43. The minimum Gasteiger partial charge on any atom is -0.371 e. The van der Waals surface area contributed by atoms with Crippen molar-refractivity contribution in [2.45, 2.75) is 35.7 Å². The first kappa shape index (κ1) is 14.4. The zero-order chi connectivity index (χ0) is 14.1. The summed E-state index contributed by atoms with van der Waals surface area (Å²) in [5.41, 5.74) is 1.30. The highest BCUT2D eigenvalue weighted by Crippen LogP contribution is 2.37. The first-order chi connectivity index (χ1) is 9.67. The summed E-state index contributed by atoms with van der Waals surface area (Å²) in [6.07, 6.45) is 1.07. The van der Waals surface area contributed by atoms with Crippen molar-refractivity contribution in [3.8, 4) is 0 Å². The van der Waals surface area contributed by atoms with Gasteiger partial charge in [0.1, 0.15) is 0 Å². The number of benzene rings is 1. The molecular formula is C15H18BrNO2S. The van der Waals surface area contributed by atoms with Crippen LogP contribution in [0.2, 0.25) is 0 Å². The molecule has 2 aliphatic rings. The zero-order valence-corrected chi connectivity index (χ0v) is 13.8. The highest BCUT2D eigenvalue weighted by molar-refractivity contribution is 9.09. The number of amides is 1. The monoisotopic (exact) mass is 355 g/mol. The van der Waals surface area contributed by atoms with Crippen molar-refractivity contribution in [2.24, 2.45) is 0 Å². The lowest BCUT2D eigenvalue weighted by Crippen LogP contribution is -2.52. The number of halogens is 1. The van der Waals surface area contributed by atoms with Crippen LogP contribution in [0.3, 0.4) is 0 Å². The Bertz CT molecular complexity index is 485. The Kier molecular flexibility index (Phi) is 4.38. The van der Waals surface area contributed by atoms with Gasteiger partial charge in [-0.05, 0) is 25.0 Å². The van der Waals surface area contributed by atoms with Crippen molar-refractivity contribution in [2.75, 3.05) is 18.4 Å². The minimum absolute atomic E-state index is 0.0358. The number of thioether (sulfide) groups is 1. The van der Waals surface area contributed by atoms with E-state index in [1.54, 1.807) is 11.8 Å². The molecule has 2 heterocycles. The lowest BCUT2D eigenvalue weighted by molar-refractivity contribution is -0.142. The summed E-state index contributed by atoms with van der Waals surface area (Å²) in [5.74, 6) is 0.257. The van der Waals surface area contributed by atoms with Gasteiger partial charge in [0.15, 0.2) is 0 Å². The average Bonchev–Trinajstić information content (AvgIpc) is 2.89. The SMILES string of the molecule is CC1CN(C(=O)C2Cc3ccccc3S2)CC(CBr)O1. The van der Waals surface area contributed by atoms with Gasteiger partial charge in [0.2, 0.25) is 5.91 Å². The fraction of sp³-hybridized carbons (Fsp3) is 0.533. The standard InChI is InChI=1S/C15H18BrNO2S/c1-10-8-17(9-12(7-16)19-10)15(18)14-6-11-4-2-3-5-13(11)20-14/h2-5,10,12,14H,6-9H2,1H3. The lowest BCUT2D eigenvalue weighted by atomic mass is 10.1. The fourth-order valence-electron chi connectivity index (χ4n) is 2.83. The molecule has 1 saturated heterocycles. The maximum absolute atomic E-state index is 12.7. The first-order valence-corrected chi connectivity index (χ1v) is 8.92. The molecule has 3 rings (SSSR count). The van der Waals surface area contributed by atoms with E-state index >= 15 is 0 Å². The molecular weight excluding hydrogens is 338 g/mol. The van der Waals surface area contributed by atoms with Gasteiger partial charge in [-0.25, -0.2) is 0 Å². The molecule has 1 aromatic carbocycles. The predicted molar refractivity (Wildman–Crippen MR) is 84.5 cm³/mol. The molecule has 1 fully saturated rings. The van der Waals surface area contributed by atoms with Gasteiger partial charge in [-0.2, -0.15) is 0 Å². The number of alkyl halides is 1. The molecule has 2 aliphatic heterocycles. The van der Waals surface area contributed by atoms with Crippen LogP contribution in [-0.2, 0) is 16.0 Å². The van der Waals surface area contributed by atoms with Crippen molar-refractivity contribution >= 4 is 33.6 Å². The smallest absolute Gasteiger partial charge is 0.236 e.